The number of allylic oxidation sites excluding steroid dienone is 4. The zero-order valence-electron chi connectivity index (χ0n) is 74.5. The average molecular weight is 1920 g/mol. The standard InChI is InChI=1S/C28H22ClFN2O2.C27H21ClFN3O2.C26H17ClF3N3O2.C26H18ClF2N3O2/c1-3-17-13-21-24(14-22(17)30)32(15-19-12-18-8-4-6-10-23(18)31-28(19)29)27(16(2)33)26(21)20-9-5-7-11-25(20)34;1-14-6-7-17-11-18(26(28)31-22(17)9-14)13-32-23-12-21(29)15(2)10-20(23)24(25(32)16(3)33)19-5-4-8-30-27(19)34;1-12-6-17-22(10-18(12)28)33(24(13(2)34)23(17)16-4-3-5-31-26(16)35)11-15-7-14-8-19(29)20(30)9-21(14)32-25(15)27;1-13-8-19-22(11-20(13)29)32(24(14(2)33)23(19)18-4-3-7-30-26(18)34)12-16-9-15-10-17(28)5-6-21(15)31-25(16)27/h4-10,12-14H,3,11,15H2,1-2H3;4-12H,13H2,1-3H3,(H,30,34);3-10H,11H2,1-2H3,(H,31,35);3-11H,12H2,1-2H3,(H,30,34). The van der Waals surface area contributed by atoms with Crippen molar-refractivity contribution in [3.05, 3.63) is 390 Å². The summed E-state index contributed by atoms with van der Waals surface area (Å²) in [5, 5.41) is 5.90. The highest BCUT2D eigenvalue weighted by Gasteiger charge is 2.33. The zero-order valence-corrected chi connectivity index (χ0v) is 77.6. The van der Waals surface area contributed by atoms with Crippen molar-refractivity contribution < 1.29 is 54.7 Å². The van der Waals surface area contributed by atoms with Crippen molar-refractivity contribution in [1.29, 1.82) is 0 Å². The fourth-order valence-electron chi connectivity index (χ4n) is 17.9. The van der Waals surface area contributed by atoms with Crippen LogP contribution < -0.4 is 16.7 Å². The molecule has 686 valence electrons. The molecule has 0 saturated carbocycles. The van der Waals surface area contributed by atoms with Crippen molar-refractivity contribution in [1.82, 2.24) is 53.2 Å². The van der Waals surface area contributed by atoms with E-state index in [1.54, 1.807) is 124 Å². The quantitative estimate of drug-likeness (QED) is 0.0437. The Labute approximate surface area is 795 Å². The van der Waals surface area contributed by atoms with Gasteiger partial charge in [-0.1, -0.05) is 102 Å². The van der Waals surface area contributed by atoms with Gasteiger partial charge in [0.1, 0.15) is 49.7 Å². The molecule has 0 spiro atoms. The lowest BCUT2D eigenvalue weighted by Gasteiger charge is -2.13. The van der Waals surface area contributed by atoms with Gasteiger partial charge in [-0.15, -0.1) is 0 Å². The number of fused-ring (bicyclic) bond motifs is 8. The third-order valence-corrected chi connectivity index (χ3v) is 25.6. The van der Waals surface area contributed by atoms with Gasteiger partial charge in [0.05, 0.1) is 93.1 Å². The Morgan fingerprint density at radius 1 is 0.358 bits per heavy atom. The van der Waals surface area contributed by atoms with Crippen LogP contribution in [-0.2, 0) is 37.4 Å². The van der Waals surface area contributed by atoms with Crippen LogP contribution in [0.25, 0.3) is 126 Å². The summed E-state index contributed by atoms with van der Waals surface area (Å²) in [5.41, 5.74) is 12.4. The van der Waals surface area contributed by atoms with E-state index in [1.165, 1.54) is 88.8 Å². The van der Waals surface area contributed by atoms with Crippen LogP contribution in [0, 0.1) is 68.4 Å². The van der Waals surface area contributed by atoms with Gasteiger partial charge in [-0.2, -0.15) is 0 Å². The first-order valence-corrected chi connectivity index (χ1v) is 44.6. The van der Waals surface area contributed by atoms with Gasteiger partial charge in [0.15, 0.2) is 40.6 Å². The first kappa shape index (κ1) is 93.7. The summed E-state index contributed by atoms with van der Waals surface area (Å²) in [7, 11) is 0. The van der Waals surface area contributed by atoms with Crippen molar-refractivity contribution in [3.8, 4) is 33.4 Å². The highest BCUT2D eigenvalue weighted by molar-refractivity contribution is 6.32. The fraction of sp³-hybridized carbons (Fsp3) is 0.140. The van der Waals surface area contributed by atoms with Crippen LogP contribution in [0.3, 0.4) is 0 Å². The van der Waals surface area contributed by atoms with Crippen LogP contribution in [0.15, 0.2) is 233 Å². The molecular formula is C107H78Cl4F7N11O8. The van der Waals surface area contributed by atoms with Gasteiger partial charge in [-0.25, -0.2) is 50.7 Å². The van der Waals surface area contributed by atoms with Crippen molar-refractivity contribution in [2.24, 2.45) is 0 Å². The third-order valence-electron chi connectivity index (χ3n) is 24.3. The van der Waals surface area contributed by atoms with E-state index in [-0.39, 0.29) is 111 Å². The summed E-state index contributed by atoms with van der Waals surface area (Å²) in [6, 6.07) is 48.8. The number of para-hydroxylation sites is 1. The van der Waals surface area contributed by atoms with Crippen molar-refractivity contribution >= 4 is 168 Å². The van der Waals surface area contributed by atoms with Gasteiger partial charge < -0.3 is 33.2 Å². The maximum atomic E-state index is 15.0. The number of nitrogens with one attached hydrogen (secondary N) is 3. The number of nitrogens with zero attached hydrogens (tertiary/aromatic N) is 8. The molecular weight excluding hydrogens is 1840 g/mol. The predicted octanol–water partition coefficient (Wildman–Crippen LogP) is 25.1. The number of hydrogen-bond acceptors (Lipinski definition) is 12. The Hall–Kier alpha value is -15.1. The lowest BCUT2D eigenvalue weighted by atomic mass is 9.92. The molecule has 0 fully saturated rings. The molecule has 19 nitrogen and oxygen atoms in total. The number of aryl methyl sites for hydroxylation is 5. The number of Topliss-reactive ketones (excluding diaryl/α,β-unsaturated/α-hetero) is 5. The number of H-pyrrole nitrogens is 3. The second-order valence-corrected chi connectivity index (χ2v) is 34.9. The summed E-state index contributed by atoms with van der Waals surface area (Å²) in [6.45, 7) is 14.8. The second-order valence-electron chi connectivity index (χ2n) is 33.4. The van der Waals surface area contributed by atoms with Crippen LogP contribution in [0.4, 0.5) is 30.7 Å². The van der Waals surface area contributed by atoms with E-state index in [9.17, 15) is 69.1 Å². The molecule has 0 atom stereocenters. The first-order chi connectivity index (χ1) is 65.5. The Kier molecular flexibility index (Phi) is 26.0. The SMILES string of the molecule is CC(=O)c1c(-c2ccc[nH]c2=O)c2cc(C)c(F)cc2n1Cc1cc2cc(F)c(F)cc2nc1Cl.CC(=O)c1c(-c2ccc[nH]c2=O)c2cc(C)c(F)cc2n1Cc1cc2cc(F)ccc2nc1Cl.CC(=O)c1c(-c2ccc[nH]c2=O)c2cc(C)c(F)cc2n1Cc1cc2ccc(C)cc2nc1Cl.CCc1cc2c(C3=CC=CCC3=O)c(C(C)=O)n(Cc3cc4ccccc4nc3Cl)c2cc1F. The predicted molar refractivity (Wildman–Crippen MR) is 524 cm³/mol. The van der Waals surface area contributed by atoms with Gasteiger partial charge in [-0.05, 0) is 208 Å². The molecule has 0 bridgehead atoms. The minimum absolute atomic E-state index is 0.0200. The van der Waals surface area contributed by atoms with Gasteiger partial charge >= 0.3 is 0 Å². The van der Waals surface area contributed by atoms with Crippen LogP contribution in [0.1, 0.15) is 139 Å². The molecule has 0 unspecified atom stereocenters. The lowest BCUT2D eigenvalue weighted by molar-refractivity contribution is -0.113. The molecule has 0 amide bonds. The Balaban J connectivity index is 0.000000127. The molecule has 11 heterocycles. The van der Waals surface area contributed by atoms with Gasteiger partial charge in [-0.3, -0.25) is 38.4 Å². The van der Waals surface area contributed by atoms with E-state index in [1.807, 2.05) is 74.5 Å². The smallest absolute Gasteiger partial charge is 0.255 e. The Bertz CT molecular complexity index is 8660. The number of pyridine rings is 7. The van der Waals surface area contributed by atoms with Crippen LogP contribution >= 0.6 is 46.4 Å². The summed E-state index contributed by atoms with van der Waals surface area (Å²) in [6.07, 6.45) is 10.6. The molecule has 137 heavy (non-hydrogen) atoms. The number of hydrogen-bond donors (Lipinski definition) is 3. The lowest BCUT2D eigenvalue weighted by Crippen LogP contribution is -2.12. The topological polar surface area (TPSA) is 255 Å². The van der Waals surface area contributed by atoms with Crippen molar-refractivity contribution in [2.45, 2.75) is 101 Å². The average Bonchev–Trinajstić information content (AvgIpc) is 1.60. The highest BCUT2D eigenvalue weighted by atomic mass is 35.5. The number of aromatic amines is 3. The number of carbonyl (C=O) groups is 5. The van der Waals surface area contributed by atoms with Gasteiger partial charge in [0.2, 0.25) is 0 Å². The highest BCUT2D eigenvalue weighted by Crippen LogP contribution is 2.44. The second kappa shape index (κ2) is 38.0. The first-order valence-electron chi connectivity index (χ1n) is 43.1. The minimum atomic E-state index is -1.05. The summed E-state index contributed by atoms with van der Waals surface area (Å²) < 4.78 is 107. The monoisotopic (exact) mass is 1920 g/mol. The molecule has 0 radical (unpaired) electrons. The molecule has 0 aliphatic heterocycles. The number of ketones is 5. The molecule has 3 N–H and O–H groups in total. The molecule has 1 aliphatic carbocycles. The van der Waals surface area contributed by atoms with E-state index in [0.29, 0.717) is 171 Å². The number of halogens is 11. The molecule has 19 aromatic rings. The van der Waals surface area contributed by atoms with E-state index < -0.39 is 40.5 Å². The maximum Gasteiger partial charge on any atom is 0.255 e. The molecule has 30 heteroatoms. The molecule has 11 aromatic heterocycles. The molecule has 0 saturated heterocycles. The molecule has 8 aromatic carbocycles. The fourth-order valence-corrected chi connectivity index (χ4v) is 18.7. The van der Waals surface area contributed by atoms with Crippen LogP contribution in [0.2, 0.25) is 20.6 Å². The number of aromatic nitrogens is 11. The van der Waals surface area contributed by atoms with E-state index in [4.69, 9.17) is 46.4 Å². The van der Waals surface area contributed by atoms with E-state index >= 15 is 0 Å². The minimum Gasteiger partial charge on any atom is -0.333 e. The normalized spacial score (nSPS) is 12.0. The Morgan fingerprint density at radius 2 is 0.723 bits per heavy atom. The summed E-state index contributed by atoms with van der Waals surface area (Å²) in [5.74, 6) is -5.35. The van der Waals surface area contributed by atoms with Crippen molar-refractivity contribution in [2.75, 3.05) is 0 Å². The van der Waals surface area contributed by atoms with Gasteiger partial charge in [0.25, 0.3) is 16.7 Å². The summed E-state index contributed by atoms with van der Waals surface area (Å²) in [4.78, 5) is 128. The third kappa shape index (κ3) is 18.0. The number of benzene rings is 8. The number of carbonyl (C=O) groups excluding carboxylic acids is 5. The maximum absolute atomic E-state index is 15.0. The largest absolute Gasteiger partial charge is 0.333 e. The molecule has 20 rings (SSSR count). The van der Waals surface area contributed by atoms with Crippen molar-refractivity contribution in [3.63, 3.8) is 0 Å². The molecule has 1 aliphatic rings. The van der Waals surface area contributed by atoms with Crippen LogP contribution in [0.5, 0.6) is 0 Å². The summed E-state index contributed by atoms with van der Waals surface area (Å²) >= 11 is 25.9. The number of rotatable bonds is 17. The zero-order chi connectivity index (χ0) is 97.3. The van der Waals surface area contributed by atoms with Crippen LogP contribution in [-0.4, -0.2) is 82.1 Å². The van der Waals surface area contributed by atoms with E-state index in [0.717, 1.165) is 39.5 Å². The van der Waals surface area contributed by atoms with Gasteiger partial charge in [0, 0.05) is 169 Å². The van der Waals surface area contributed by atoms with E-state index in [2.05, 4.69) is 34.9 Å². The Morgan fingerprint density at radius 3 is 1.14 bits per heavy atom.